The van der Waals surface area contributed by atoms with Gasteiger partial charge in [0.1, 0.15) is 0 Å². The van der Waals surface area contributed by atoms with Crippen LogP contribution in [0.15, 0.2) is 0 Å². The summed E-state index contributed by atoms with van der Waals surface area (Å²) >= 11 is 2.03. The summed E-state index contributed by atoms with van der Waals surface area (Å²) in [5, 5.41) is 8.32. The summed E-state index contributed by atoms with van der Waals surface area (Å²) in [6.07, 6.45) is -0.0334. The molecule has 0 aliphatic heterocycles. The SMILES string of the molecule is CN(C)C(=O)N([SeH])CCC(=O)O. The monoisotopic (exact) mass is 240 g/mol. The zero-order chi connectivity index (χ0) is 9.72. The van der Waals surface area contributed by atoms with Crippen LogP contribution in [0.4, 0.5) is 4.79 Å². The molecule has 0 atom stereocenters. The van der Waals surface area contributed by atoms with Crippen LogP contribution < -0.4 is 0 Å². The van der Waals surface area contributed by atoms with E-state index < -0.39 is 5.97 Å². The van der Waals surface area contributed by atoms with Crippen LogP contribution in [0.1, 0.15) is 6.42 Å². The summed E-state index contributed by atoms with van der Waals surface area (Å²) in [7, 11) is 3.23. The molecule has 0 heterocycles. The second-order valence-electron chi connectivity index (χ2n) is 2.44. The second-order valence-corrected chi connectivity index (χ2v) is 3.46. The molecule has 0 aliphatic rings. The van der Waals surface area contributed by atoms with Gasteiger partial charge in [-0.3, -0.25) is 0 Å². The molecular formula is C6H12N2O3Se. The first-order chi connectivity index (χ1) is 5.45. The van der Waals surface area contributed by atoms with Crippen LogP contribution in [0.3, 0.4) is 0 Å². The van der Waals surface area contributed by atoms with E-state index in [1.54, 1.807) is 14.1 Å². The number of carboxylic acid groups (broad SMARTS) is 1. The van der Waals surface area contributed by atoms with Crippen molar-refractivity contribution in [1.82, 2.24) is 8.82 Å². The first-order valence-electron chi connectivity index (χ1n) is 3.34. The van der Waals surface area contributed by atoms with Crippen LogP contribution in [0, 0.1) is 0 Å². The van der Waals surface area contributed by atoms with Crippen LogP contribution in [0.2, 0.25) is 0 Å². The summed E-state index contributed by atoms with van der Waals surface area (Å²) in [5.41, 5.74) is 0. The fourth-order valence-electron chi connectivity index (χ4n) is 0.528. The van der Waals surface area contributed by atoms with E-state index >= 15 is 0 Å². The van der Waals surface area contributed by atoms with Gasteiger partial charge >= 0.3 is 78.8 Å². The number of amides is 2. The summed E-state index contributed by atoms with van der Waals surface area (Å²) in [4.78, 5) is 22.6. The van der Waals surface area contributed by atoms with Gasteiger partial charge in [0.05, 0.1) is 0 Å². The number of aliphatic carboxylic acids is 1. The van der Waals surface area contributed by atoms with Crippen molar-refractivity contribution in [3.8, 4) is 0 Å². The van der Waals surface area contributed by atoms with Crippen molar-refractivity contribution in [2.75, 3.05) is 20.6 Å². The van der Waals surface area contributed by atoms with Gasteiger partial charge in [0, 0.05) is 0 Å². The predicted molar refractivity (Wildman–Crippen MR) is 45.2 cm³/mol. The van der Waals surface area contributed by atoms with E-state index in [-0.39, 0.29) is 19.0 Å². The summed E-state index contributed by atoms with van der Waals surface area (Å²) in [6, 6.07) is -0.212. The van der Waals surface area contributed by atoms with Crippen molar-refractivity contribution in [1.29, 1.82) is 0 Å². The number of carbonyl (C=O) groups is 2. The number of carboxylic acids is 1. The van der Waals surface area contributed by atoms with Crippen molar-refractivity contribution in [2.45, 2.75) is 6.42 Å². The maximum atomic E-state index is 11.1. The van der Waals surface area contributed by atoms with Crippen molar-refractivity contribution in [2.24, 2.45) is 0 Å². The van der Waals surface area contributed by atoms with Gasteiger partial charge in [-0.1, -0.05) is 0 Å². The van der Waals surface area contributed by atoms with Crippen LogP contribution in [0.25, 0.3) is 0 Å². The van der Waals surface area contributed by atoms with Crippen molar-refractivity contribution < 1.29 is 14.7 Å². The molecule has 0 fully saturated rings. The Bertz CT molecular complexity index is 184. The Morgan fingerprint density at radius 1 is 1.42 bits per heavy atom. The van der Waals surface area contributed by atoms with E-state index in [0.29, 0.717) is 0 Å². The van der Waals surface area contributed by atoms with Gasteiger partial charge in [-0.05, 0) is 0 Å². The first-order valence-corrected chi connectivity index (χ1v) is 4.18. The molecular weight excluding hydrogens is 227 g/mol. The van der Waals surface area contributed by atoms with E-state index in [1.807, 2.05) is 16.2 Å². The predicted octanol–water partition coefficient (Wildman–Crippen LogP) is -0.740. The standard InChI is InChI=1S/C6H12N2O3Se/c1-7(2)6(11)8(12)4-3-5(9)10/h12H,3-4H2,1-2H3,(H,9,10). The molecule has 0 unspecified atom stereocenters. The number of carbonyl (C=O) groups excluding carboxylic acids is 1. The molecule has 0 saturated heterocycles. The van der Waals surface area contributed by atoms with Crippen molar-refractivity contribution >= 4 is 28.2 Å². The second kappa shape index (κ2) is 5.00. The number of rotatable bonds is 3. The van der Waals surface area contributed by atoms with Gasteiger partial charge in [0.15, 0.2) is 0 Å². The fourth-order valence-corrected chi connectivity index (χ4v) is 1.11. The Kier molecular flexibility index (Phi) is 4.69. The van der Waals surface area contributed by atoms with Gasteiger partial charge in [-0.25, -0.2) is 0 Å². The third kappa shape index (κ3) is 4.20. The number of hydrogen-bond donors (Lipinski definition) is 1. The average Bonchev–Trinajstić information content (AvgIpc) is 1.98. The molecule has 12 heavy (non-hydrogen) atoms. The molecule has 0 aromatic carbocycles. The van der Waals surface area contributed by atoms with E-state index in [2.05, 4.69) is 0 Å². The zero-order valence-corrected chi connectivity index (χ0v) is 8.90. The molecule has 6 heteroatoms. The van der Waals surface area contributed by atoms with Gasteiger partial charge in [-0.15, -0.1) is 0 Å². The van der Waals surface area contributed by atoms with Gasteiger partial charge in [0.2, 0.25) is 0 Å². The van der Waals surface area contributed by atoms with Crippen molar-refractivity contribution in [3.63, 3.8) is 0 Å². The van der Waals surface area contributed by atoms with Crippen molar-refractivity contribution in [3.05, 3.63) is 0 Å². The Balaban J connectivity index is 3.79. The van der Waals surface area contributed by atoms with E-state index in [0.717, 1.165) is 0 Å². The van der Waals surface area contributed by atoms with E-state index in [1.165, 1.54) is 8.82 Å². The quantitative estimate of drug-likeness (QED) is 0.660. The minimum atomic E-state index is -0.905. The van der Waals surface area contributed by atoms with Gasteiger partial charge in [0.25, 0.3) is 0 Å². The summed E-state index contributed by atoms with van der Waals surface area (Å²) in [6.45, 7) is 0.215. The molecule has 0 aromatic heterocycles. The Morgan fingerprint density at radius 2 is 1.92 bits per heavy atom. The zero-order valence-electron chi connectivity index (χ0n) is 7.02. The fraction of sp³-hybridized carbons (Fsp3) is 0.667. The Morgan fingerprint density at radius 3 is 2.25 bits per heavy atom. The summed E-state index contributed by atoms with van der Waals surface area (Å²) < 4.78 is 1.31. The molecule has 70 valence electrons. The molecule has 0 spiro atoms. The molecule has 0 rings (SSSR count). The third-order valence-corrected chi connectivity index (χ3v) is 1.92. The van der Waals surface area contributed by atoms with Crippen LogP contribution in [-0.2, 0) is 4.79 Å². The van der Waals surface area contributed by atoms with E-state index in [4.69, 9.17) is 5.11 Å². The Hall–Kier alpha value is -0.741. The molecule has 2 amide bonds. The topological polar surface area (TPSA) is 60.9 Å². The molecule has 5 nitrogen and oxygen atoms in total. The molecule has 0 radical (unpaired) electrons. The maximum absolute atomic E-state index is 11.1. The molecule has 0 aromatic rings. The Labute approximate surface area is 79.3 Å². The van der Waals surface area contributed by atoms with Crippen LogP contribution in [-0.4, -0.2) is 62.8 Å². The van der Waals surface area contributed by atoms with Gasteiger partial charge in [-0.2, -0.15) is 0 Å². The van der Waals surface area contributed by atoms with Crippen LogP contribution in [0.5, 0.6) is 0 Å². The average molecular weight is 239 g/mol. The molecule has 0 bridgehead atoms. The number of nitrogens with zero attached hydrogens (tertiary/aromatic N) is 2. The number of urea groups is 1. The molecule has 0 aliphatic carbocycles. The van der Waals surface area contributed by atoms with Crippen LogP contribution >= 0.6 is 0 Å². The van der Waals surface area contributed by atoms with E-state index in [9.17, 15) is 9.59 Å². The summed E-state index contributed by atoms with van der Waals surface area (Å²) in [5.74, 6) is -0.905. The third-order valence-electron chi connectivity index (χ3n) is 1.14. The number of hydrogen-bond acceptors (Lipinski definition) is 2. The van der Waals surface area contributed by atoms with Gasteiger partial charge < -0.3 is 0 Å². The first kappa shape index (κ1) is 11.3. The minimum absolute atomic E-state index is 0.0334. The molecule has 1 N–H and O–H groups in total. The molecule has 0 saturated carbocycles. The normalized spacial score (nSPS) is 9.25.